The number of anilines is 1. The average Bonchev–Trinajstić information content (AvgIpc) is 2.90. The SMILES string of the molecule is O=C(O)CCNS(=O)(=O)c1ccc(N2CCC(CCCC3CCN(Cc4ccccn4)CC3)CC2)c(Cl)c1. The van der Waals surface area contributed by atoms with Gasteiger partial charge in [-0.3, -0.25) is 14.7 Å². The number of carbonyl (C=O) groups is 1. The van der Waals surface area contributed by atoms with Crippen molar-refractivity contribution in [2.24, 2.45) is 11.8 Å². The predicted octanol–water partition coefficient (Wildman–Crippen LogP) is 4.79. The number of piperidine rings is 2. The molecule has 1 aromatic carbocycles. The minimum absolute atomic E-state index is 0.0501. The molecule has 1 aromatic heterocycles. The minimum Gasteiger partial charge on any atom is -0.481 e. The lowest BCUT2D eigenvalue weighted by Gasteiger charge is -2.35. The Morgan fingerprint density at radius 3 is 2.32 bits per heavy atom. The summed E-state index contributed by atoms with van der Waals surface area (Å²) in [6.45, 7) is 4.96. The molecule has 208 valence electrons. The summed E-state index contributed by atoms with van der Waals surface area (Å²) in [5, 5.41) is 9.12. The summed E-state index contributed by atoms with van der Waals surface area (Å²) >= 11 is 6.48. The highest BCUT2D eigenvalue weighted by Crippen LogP contribution is 2.33. The summed E-state index contributed by atoms with van der Waals surface area (Å²) in [5.41, 5.74) is 2.01. The average molecular weight is 563 g/mol. The van der Waals surface area contributed by atoms with Gasteiger partial charge in [0, 0.05) is 32.4 Å². The van der Waals surface area contributed by atoms with Gasteiger partial charge in [-0.1, -0.05) is 36.9 Å². The second-order valence-corrected chi connectivity index (χ2v) is 12.7. The van der Waals surface area contributed by atoms with Gasteiger partial charge < -0.3 is 10.0 Å². The van der Waals surface area contributed by atoms with Gasteiger partial charge in [0.15, 0.2) is 0 Å². The molecule has 0 radical (unpaired) electrons. The summed E-state index contributed by atoms with van der Waals surface area (Å²) in [4.78, 5) is 19.9. The summed E-state index contributed by atoms with van der Waals surface area (Å²) < 4.78 is 27.1. The Bertz CT molecular complexity index is 1150. The van der Waals surface area contributed by atoms with E-state index in [1.807, 2.05) is 12.3 Å². The molecule has 0 atom stereocenters. The highest BCUT2D eigenvalue weighted by molar-refractivity contribution is 7.89. The van der Waals surface area contributed by atoms with Crippen LogP contribution in [-0.4, -0.2) is 62.1 Å². The first kappa shape index (κ1) is 28.8. The van der Waals surface area contributed by atoms with Crippen LogP contribution in [0.3, 0.4) is 0 Å². The number of carboxylic acid groups (broad SMARTS) is 1. The normalized spacial score (nSPS) is 18.1. The molecule has 0 aliphatic carbocycles. The maximum atomic E-state index is 12.4. The number of halogens is 1. The molecule has 8 nitrogen and oxygen atoms in total. The maximum Gasteiger partial charge on any atom is 0.304 e. The van der Waals surface area contributed by atoms with Gasteiger partial charge >= 0.3 is 5.97 Å². The summed E-state index contributed by atoms with van der Waals surface area (Å²) in [7, 11) is -3.79. The molecule has 2 fully saturated rings. The first-order valence-corrected chi connectivity index (χ1v) is 15.5. The van der Waals surface area contributed by atoms with E-state index in [2.05, 4.69) is 31.6 Å². The number of sulfonamides is 1. The fourth-order valence-electron chi connectivity index (χ4n) is 5.60. The zero-order valence-corrected chi connectivity index (χ0v) is 23.5. The number of nitrogens with zero attached hydrogens (tertiary/aromatic N) is 3. The summed E-state index contributed by atoms with van der Waals surface area (Å²) in [6.07, 6.45) is 10.3. The zero-order chi connectivity index (χ0) is 27.0. The molecule has 2 aliphatic heterocycles. The molecule has 2 N–H and O–H groups in total. The largest absolute Gasteiger partial charge is 0.481 e. The van der Waals surface area contributed by atoms with Crippen molar-refractivity contribution < 1.29 is 18.3 Å². The Morgan fingerprint density at radius 2 is 1.71 bits per heavy atom. The van der Waals surface area contributed by atoms with E-state index >= 15 is 0 Å². The summed E-state index contributed by atoms with van der Waals surface area (Å²) in [6, 6.07) is 10.9. The van der Waals surface area contributed by atoms with Crippen LogP contribution in [0.25, 0.3) is 0 Å². The van der Waals surface area contributed by atoms with Crippen molar-refractivity contribution >= 4 is 33.3 Å². The van der Waals surface area contributed by atoms with Crippen molar-refractivity contribution in [2.45, 2.75) is 62.8 Å². The van der Waals surface area contributed by atoms with Crippen molar-refractivity contribution in [1.29, 1.82) is 0 Å². The number of benzene rings is 1. The van der Waals surface area contributed by atoms with Crippen LogP contribution in [0.1, 0.15) is 57.1 Å². The van der Waals surface area contributed by atoms with Gasteiger partial charge in [0.25, 0.3) is 0 Å². The van der Waals surface area contributed by atoms with Gasteiger partial charge in [-0.2, -0.15) is 0 Å². The fourth-order valence-corrected chi connectivity index (χ4v) is 7.02. The third-order valence-electron chi connectivity index (χ3n) is 7.86. The standard InChI is InChI=1S/C28H39ClN4O4S/c29-26-20-25(38(36,37)31-15-9-28(34)35)7-8-27(26)33-18-12-23(13-19-33)5-3-4-22-10-16-32(17-11-22)21-24-6-1-2-14-30-24/h1-2,6-8,14,20,22-23,31H,3-5,9-13,15-19,21H2,(H,34,35). The Hall–Kier alpha value is -2.20. The van der Waals surface area contributed by atoms with E-state index in [1.54, 1.807) is 6.07 Å². The van der Waals surface area contributed by atoms with Crippen LogP contribution in [0, 0.1) is 11.8 Å². The van der Waals surface area contributed by atoms with E-state index in [-0.39, 0.29) is 17.9 Å². The van der Waals surface area contributed by atoms with E-state index in [1.165, 1.54) is 57.3 Å². The van der Waals surface area contributed by atoms with E-state index in [0.717, 1.165) is 55.7 Å². The number of nitrogens with one attached hydrogen (secondary N) is 1. The monoisotopic (exact) mass is 562 g/mol. The van der Waals surface area contributed by atoms with E-state index < -0.39 is 16.0 Å². The Balaban J connectivity index is 1.15. The van der Waals surface area contributed by atoms with Crippen LogP contribution >= 0.6 is 11.6 Å². The minimum atomic E-state index is -3.79. The number of hydrogen-bond acceptors (Lipinski definition) is 6. The van der Waals surface area contributed by atoms with Gasteiger partial charge in [0.05, 0.1) is 27.7 Å². The molecule has 2 aliphatic rings. The van der Waals surface area contributed by atoms with E-state index in [0.29, 0.717) is 5.02 Å². The molecule has 0 saturated carbocycles. The van der Waals surface area contributed by atoms with Crippen LogP contribution in [-0.2, 0) is 21.4 Å². The van der Waals surface area contributed by atoms with E-state index in [9.17, 15) is 13.2 Å². The zero-order valence-electron chi connectivity index (χ0n) is 21.9. The highest BCUT2D eigenvalue weighted by atomic mass is 35.5. The number of hydrogen-bond donors (Lipinski definition) is 2. The molecule has 4 rings (SSSR count). The molecular weight excluding hydrogens is 524 g/mol. The molecule has 0 unspecified atom stereocenters. The third-order valence-corrected chi connectivity index (χ3v) is 9.62. The predicted molar refractivity (Wildman–Crippen MR) is 150 cm³/mol. The second kappa shape index (κ2) is 13.7. The van der Waals surface area contributed by atoms with E-state index in [4.69, 9.17) is 16.7 Å². The van der Waals surface area contributed by atoms with Gasteiger partial charge in [-0.05, 0) is 80.9 Å². The molecular formula is C28H39ClN4O4S. The number of aliphatic carboxylic acids is 1. The summed E-state index contributed by atoms with van der Waals surface area (Å²) in [5.74, 6) is 0.511. The first-order valence-electron chi connectivity index (χ1n) is 13.7. The quantitative estimate of drug-likeness (QED) is 0.383. The first-order chi connectivity index (χ1) is 18.3. The van der Waals surface area contributed by atoms with Gasteiger partial charge in [0.1, 0.15) is 0 Å². The molecule has 2 aromatic rings. The van der Waals surface area contributed by atoms with Crippen LogP contribution < -0.4 is 9.62 Å². The van der Waals surface area contributed by atoms with Crippen LogP contribution in [0.5, 0.6) is 0 Å². The highest BCUT2D eigenvalue weighted by Gasteiger charge is 2.24. The number of pyridine rings is 1. The lowest BCUT2D eigenvalue weighted by molar-refractivity contribution is -0.136. The molecule has 0 amide bonds. The number of carboxylic acids is 1. The van der Waals surface area contributed by atoms with Crippen molar-refractivity contribution in [3.8, 4) is 0 Å². The Kier molecular flexibility index (Phi) is 10.4. The fraction of sp³-hybridized carbons (Fsp3) is 0.571. The van der Waals surface area contributed by atoms with Crippen molar-refractivity contribution in [1.82, 2.24) is 14.6 Å². The second-order valence-electron chi connectivity index (χ2n) is 10.6. The number of rotatable bonds is 12. The topological polar surface area (TPSA) is 103 Å². The number of aromatic nitrogens is 1. The molecule has 10 heteroatoms. The molecule has 3 heterocycles. The van der Waals surface area contributed by atoms with Gasteiger partial charge in [-0.15, -0.1) is 0 Å². The van der Waals surface area contributed by atoms with Crippen molar-refractivity contribution in [2.75, 3.05) is 37.6 Å². The van der Waals surface area contributed by atoms with Crippen molar-refractivity contribution in [3.63, 3.8) is 0 Å². The van der Waals surface area contributed by atoms with Crippen molar-refractivity contribution in [3.05, 3.63) is 53.3 Å². The Morgan fingerprint density at radius 1 is 1.03 bits per heavy atom. The van der Waals surface area contributed by atoms with Crippen LogP contribution in [0.4, 0.5) is 5.69 Å². The van der Waals surface area contributed by atoms with Gasteiger partial charge in [-0.25, -0.2) is 13.1 Å². The number of likely N-dealkylation sites (tertiary alicyclic amines) is 1. The van der Waals surface area contributed by atoms with Crippen LogP contribution in [0.2, 0.25) is 5.02 Å². The molecule has 0 spiro atoms. The molecule has 38 heavy (non-hydrogen) atoms. The molecule has 2 saturated heterocycles. The molecule has 0 bridgehead atoms. The lowest BCUT2D eigenvalue weighted by Crippen LogP contribution is -2.34. The van der Waals surface area contributed by atoms with Gasteiger partial charge in [0.2, 0.25) is 10.0 Å². The maximum absolute atomic E-state index is 12.4. The van der Waals surface area contributed by atoms with Crippen LogP contribution in [0.15, 0.2) is 47.5 Å². The smallest absolute Gasteiger partial charge is 0.304 e. The third kappa shape index (κ3) is 8.40. The lowest BCUT2D eigenvalue weighted by atomic mass is 9.86. The Labute approximate surface area is 231 Å².